The number of nitrogens with zero attached hydrogens (tertiary/aromatic N) is 4. The van der Waals surface area contributed by atoms with Gasteiger partial charge in [0.2, 0.25) is 0 Å². The highest BCUT2D eigenvalue weighted by molar-refractivity contribution is 6.20. The number of rotatable bonds is 0. The van der Waals surface area contributed by atoms with Crippen LogP contribution in [0.4, 0.5) is 8.78 Å². The van der Waals surface area contributed by atoms with Crippen LogP contribution in [0.5, 0.6) is 5.75 Å². The van der Waals surface area contributed by atoms with Gasteiger partial charge in [0, 0.05) is 51.8 Å². The fraction of sp³-hybridized carbons (Fsp3) is 0. The molecule has 0 bridgehead atoms. The molecule has 0 fully saturated rings. The molecule has 0 radical (unpaired) electrons. The quantitative estimate of drug-likeness (QED) is 0.381. The van der Waals surface area contributed by atoms with Gasteiger partial charge in [-0.25, -0.2) is 8.78 Å². The predicted octanol–water partition coefficient (Wildman–Crippen LogP) is 5.27. The van der Waals surface area contributed by atoms with Crippen molar-refractivity contribution in [3.8, 4) is 35.2 Å². The van der Waals surface area contributed by atoms with Gasteiger partial charge in [0.05, 0.1) is 17.3 Å². The number of hydrogen-bond acceptors (Lipinski definition) is 5. The minimum Gasteiger partial charge on any atom is -0.507 e. The molecule has 5 nitrogen and oxygen atoms in total. The van der Waals surface area contributed by atoms with E-state index in [1.54, 1.807) is 30.5 Å². The van der Waals surface area contributed by atoms with Crippen LogP contribution in [-0.4, -0.2) is 10.1 Å². The first-order valence-electron chi connectivity index (χ1n) is 9.69. The molecule has 154 valence electrons. The number of allylic oxidation sites excluding steroid dienone is 5. The number of halogens is 2. The first-order valence-corrected chi connectivity index (χ1v) is 9.69. The second-order valence-corrected chi connectivity index (χ2v) is 7.32. The van der Waals surface area contributed by atoms with Crippen LogP contribution in [0.25, 0.3) is 28.0 Å². The van der Waals surface area contributed by atoms with Crippen LogP contribution in [0.2, 0.25) is 0 Å². The SMILES string of the molecule is N#C/C=C1/C(=C2\c3cccnc3-c3c(O)cccc32)C(=C(C#N)C#N)c2cc(F)cc(F)c21. The molecule has 33 heavy (non-hydrogen) atoms. The Kier molecular flexibility index (Phi) is 4.38. The molecular formula is C26H10F2N4O. The van der Waals surface area contributed by atoms with Crippen molar-refractivity contribution >= 4 is 16.7 Å². The van der Waals surface area contributed by atoms with Crippen molar-refractivity contribution in [1.29, 1.82) is 15.8 Å². The van der Waals surface area contributed by atoms with E-state index in [2.05, 4.69) is 4.98 Å². The predicted molar refractivity (Wildman–Crippen MR) is 115 cm³/mol. The summed E-state index contributed by atoms with van der Waals surface area (Å²) >= 11 is 0. The van der Waals surface area contributed by atoms with Crippen molar-refractivity contribution in [2.75, 3.05) is 0 Å². The van der Waals surface area contributed by atoms with Crippen molar-refractivity contribution in [2.45, 2.75) is 0 Å². The Morgan fingerprint density at radius 2 is 1.67 bits per heavy atom. The van der Waals surface area contributed by atoms with Crippen molar-refractivity contribution in [2.24, 2.45) is 0 Å². The Morgan fingerprint density at radius 1 is 0.909 bits per heavy atom. The molecule has 1 N–H and O–H groups in total. The Hall–Kier alpha value is -5.06. The van der Waals surface area contributed by atoms with Crippen LogP contribution in [0.15, 0.2) is 65.9 Å². The molecule has 1 aromatic heterocycles. The Balaban J connectivity index is 2.06. The van der Waals surface area contributed by atoms with Crippen molar-refractivity contribution < 1.29 is 13.9 Å². The molecule has 7 heteroatoms. The van der Waals surface area contributed by atoms with Gasteiger partial charge in [0.15, 0.2) is 0 Å². The molecule has 0 atom stereocenters. The molecular weight excluding hydrogens is 422 g/mol. The monoisotopic (exact) mass is 432 g/mol. The van der Waals surface area contributed by atoms with Crippen LogP contribution < -0.4 is 0 Å². The second kappa shape index (κ2) is 7.27. The molecule has 0 saturated heterocycles. The standard InChI is InChI=1S/C26H10F2N4O/c27-14-9-18-21(13(11-30)12-31)25(16(6-7-29)22(18)19(28)10-14)23-15-3-1-5-20(33)24(15)26-17(23)4-2-8-32-26/h1-6,8-10,33H/b16-6+,25-23+. The lowest BCUT2D eigenvalue weighted by atomic mass is 9.89. The zero-order valence-electron chi connectivity index (χ0n) is 16.7. The van der Waals surface area contributed by atoms with Gasteiger partial charge in [-0.1, -0.05) is 18.2 Å². The topological polar surface area (TPSA) is 104 Å². The molecule has 2 aliphatic carbocycles. The van der Waals surface area contributed by atoms with Crippen molar-refractivity contribution in [1.82, 2.24) is 4.98 Å². The molecule has 2 aromatic carbocycles. The lowest BCUT2D eigenvalue weighted by molar-refractivity contribution is 0.477. The summed E-state index contributed by atoms with van der Waals surface area (Å²) in [6, 6.07) is 15.5. The van der Waals surface area contributed by atoms with Crippen LogP contribution in [0, 0.1) is 45.6 Å². The number of nitriles is 3. The van der Waals surface area contributed by atoms with Gasteiger partial charge in [0.25, 0.3) is 0 Å². The van der Waals surface area contributed by atoms with Gasteiger partial charge in [-0.15, -0.1) is 0 Å². The summed E-state index contributed by atoms with van der Waals surface area (Å²) in [6.45, 7) is 0. The third-order valence-corrected chi connectivity index (χ3v) is 5.67. The summed E-state index contributed by atoms with van der Waals surface area (Å²) in [6.07, 6.45) is 2.66. The van der Waals surface area contributed by atoms with Crippen molar-refractivity contribution in [3.05, 3.63) is 99.8 Å². The summed E-state index contributed by atoms with van der Waals surface area (Å²) in [5.41, 5.74) is 2.40. The zero-order valence-corrected chi connectivity index (χ0v) is 16.7. The van der Waals surface area contributed by atoms with Gasteiger partial charge < -0.3 is 5.11 Å². The fourth-order valence-electron chi connectivity index (χ4n) is 4.52. The fourth-order valence-corrected chi connectivity index (χ4v) is 4.52. The number of hydrogen-bond donors (Lipinski definition) is 1. The molecule has 0 aliphatic heterocycles. The molecule has 5 rings (SSSR count). The zero-order chi connectivity index (χ0) is 23.3. The molecule has 0 amide bonds. The van der Waals surface area contributed by atoms with Gasteiger partial charge in [-0.05, 0) is 29.3 Å². The van der Waals surface area contributed by atoms with Crippen LogP contribution in [-0.2, 0) is 0 Å². The van der Waals surface area contributed by atoms with E-state index in [1.807, 2.05) is 18.2 Å². The Morgan fingerprint density at radius 3 is 2.39 bits per heavy atom. The average Bonchev–Trinajstić information content (AvgIpc) is 3.29. The normalized spacial score (nSPS) is 16.5. The minimum atomic E-state index is -0.921. The Labute approximate surface area is 186 Å². The van der Waals surface area contributed by atoms with E-state index in [-0.39, 0.29) is 39.2 Å². The van der Waals surface area contributed by atoms with E-state index < -0.39 is 11.6 Å². The molecule has 0 unspecified atom stereocenters. The van der Waals surface area contributed by atoms with Gasteiger partial charge in [-0.3, -0.25) is 4.98 Å². The molecule has 1 heterocycles. The van der Waals surface area contributed by atoms with Crippen LogP contribution in [0.1, 0.15) is 22.3 Å². The average molecular weight is 432 g/mol. The summed E-state index contributed by atoms with van der Waals surface area (Å²) in [7, 11) is 0. The maximum Gasteiger partial charge on any atom is 0.138 e. The van der Waals surface area contributed by atoms with Crippen LogP contribution in [0.3, 0.4) is 0 Å². The summed E-state index contributed by atoms with van der Waals surface area (Å²) in [5.74, 6) is -1.84. The lowest BCUT2D eigenvalue weighted by Crippen LogP contribution is -1.94. The number of aromatic nitrogens is 1. The highest BCUT2D eigenvalue weighted by Gasteiger charge is 2.39. The molecule has 3 aromatic rings. The number of phenolic OH excluding ortho intramolecular Hbond substituents is 1. The number of benzene rings is 2. The highest BCUT2D eigenvalue weighted by Crippen LogP contribution is 2.56. The summed E-state index contributed by atoms with van der Waals surface area (Å²) < 4.78 is 29.3. The van der Waals surface area contributed by atoms with Gasteiger partial charge in [0.1, 0.15) is 35.1 Å². The maximum absolute atomic E-state index is 15.0. The minimum absolute atomic E-state index is 0.00800. The first-order chi connectivity index (χ1) is 16.0. The lowest BCUT2D eigenvalue weighted by Gasteiger charge is -2.12. The van der Waals surface area contributed by atoms with E-state index >= 15 is 4.39 Å². The Bertz CT molecular complexity index is 1610. The number of phenols is 1. The maximum atomic E-state index is 15.0. The third-order valence-electron chi connectivity index (χ3n) is 5.67. The summed E-state index contributed by atoms with van der Waals surface area (Å²) in [4.78, 5) is 4.39. The van der Waals surface area contributed by atoms with E-state index in [4.69, 9.17) is 0 Å². The first kappa shape index (κ1) is 19.9. The van der Waals surface area contributed by atoms with Crippen LogP contribution >= 0.6 is 0 Å². The smallest absolute Gasteiger partial charge is 0.138 e. The second-order valence-electron chi connectivity index (χ2n) is 7.32. The van der Waals surface area contributed by atoms with Gasteiger partial charge >= 0.3 is 0 Å². The molecule has 0 saturated carbocycles. The molecule has 0 spiro atoms. The largest absolute Gasteiger partial charge is 0.507 e. The van der Waals surface area contributed by atoms with E-state index in [0.29, 0.717) is 34.0 Å². The highest BCUT2D eigenvalue weighted by atomic mass is 19.1. The summed E-state index contributed by atoms with van der Waals surface area (Å²) in [5, 5.41) is 39.4. The van der Waals surface area contributed by atoms with E-state index in [9.17, 15) is 25.3 Å². The van der Waals surface area contributed by atoms with E-state index in [0.717, 1.165) is 12.1 Å². The number of pyridine rings is 1. The number of aromatic hydroxyl groups is 1. The van der Waals surface area contributed by atoms with Crippen molar-refractivity contribution in [3.63, 3.8) is 0 Å². The van der Waals surface area contributed by atoms with Gasteiger partial charge in [-0.2, -0.15) is 15.8 Å². The molecule has 2 aliphatic rings. The van der Waals surface area contributed by atoms with E-state index in [1.165, 1.54) is 6.07 Å². The number of fused-ring (bicyclic) bond motifs is 4. The third kappa shape index (κ3) is 2.69.